The maximum Gasteiger partial charge on any atom is 0.0995 e. The first-order chi connectivity index (χ1) is 7.70. The van der Waals surface area contributed by atoms with Crippen LogP contribution in [0.5, 0.6) is 0 Å². The van der Waals surface area contributed by atoms with Crippen LogP contribution < -0.4 is 5.73 Å². The van der Waals surface area contributed by atoms with Crippen LogP contribution in [0.4, 0.5) is 0 Å². The minimum atomic E-state index is -0.140. The van der Waals surface area contributed by atoms with Gasteiger partial charge in [0.2, 0.25) is 0 Å². The highest BCUT2D eigenvalue weighted by Gasteiger charge is 2.13. The molecule has 0 amide bonds. The van der Waals surface area contributed by atoms with Crippen molar-refractivity contribution in [2.45, 2.75) is 25.8 Å². The lowest BCUT2D eigenvalue weighted by Gasteiger charge is -2.07. The van der Waals surface area contributed by atoms with E-state index in [4.69, 9.17) is 5.73 Å². The second-order valence-electron chi connectivity index (χ2n) is 3.81. The van der Waals surface area contributed by atoms with Gasteiger partial charge in [-0.05, 0) is 12.5 Å². The number of nitrogens with zero attached hydrogens (tertiary/aromatic N) is 4. The molecule has 2 heterocycles. The quantitative estimate of drug-likeness (QED) is 0.778. The molecule has 1 unspecified atom stereocenters. The topological polar surface area (TPSA) is 85.4 Å². The van der Waals surface area contributed by atoms with Crippen LogP contribution in [0.2, 0.25) is 0 Å². The zero-order chi connectivity index (χ0) is 11.5. The van der Waals surface area contributed by atoms with Crippen molar-refractivity contribution in [3.63, 3.8) is 0 Å². The van der Waals surface area contributed by atoms with E-state index in [2.05, 4.69) is 33.5 Å². The first-order valence-corrected chi connectivity index (χ1v) is 5.33. The van der Waals surface area contributed by atoms with Crippen LogP contribution in [0.1, 0.15) is 30.0 Å². The van der Waals surface area contributed by atoms with Gasteiger partial charge in [0.1, 0.15) is 0 Å². The molecule has 0 bridgehead atoms. The smallest absolute Gasteiger partial charge is 0.0995 e. The lowest BCUT2D eigenvalue weighted by molar-refractivity contribution is 0.626. The van der Waals surface area contributed by atoms with E-state index in [1.54, 1.807) is 6.20 Å². The Bertz CT molecular complexity index is 444. The van der Waals surface area contributed by atoms with Gasteiger partial charge in [-0.15, -0.1) is 0 Å². The highest BCUT2D eigenvalue weighted by Crippen LogP contribution is 2.13. The summed E-state index contributed by atoms with van der Waals surface area (Å²) in [7, 11) is 1.93. The molecule has 2 rings (SSSR count). The fourth-order valence-electron chi connectivity index (χ4n) is 1.65. The molecule has 0 aromatic carbocycles. The molecule has 6 nitrogen and oxygen atoms in total. The number of aromatic amines is 1. The maximum absolute atomic E-state index is 6.03. The molecule has 0 fully saturated rings. The summed E-state index contributed by atoms with van der Waals surface area (Å²) in [5, 5.41) is 14.7. The Kier molecular flexibility index (Phi) is 3.00. The molecule has 0 spiro atoms. The first kappa shape index (κ1) is 10.8. The highest BCUT2D eigenvalue weighted by atomic mass is 15.3. The number of nitrogens with one attached hydrogen (secondary N) is 1. The van der Waals surface area contributed by atoms with Gasteiger partial charge in [0, 0.05) is 19.2 Å². The molecule has 2 aromatic rings. The minimum Gasteiger partial charge on any atom is -0.322 e. The molecule has 86 valence electrons. The average Bonchev–Trinajstić information content (AvgIpc) is 2.88. The van der Waals surface area contributed by atoms with Gasteiger partial charge < -0.3 is 5.73 Å². The zero-order valence-electron chi connectivity index (χ0n) is 9.51. The average molecular weight is 220 g/mol. The van der Waals surface area contributed by atoms with E-state index in [9.17, 15) is 0 Å². The molecule has 3 N–H and O–H groups in total. The number of aromatic nitrogens is 5. The van der Waals surface area contributed by atoms with Gasteiger partial charge >= 0.3 is 0 Å². The first-order valence-electron chi connectivity index (χ1n) is 5.33. The lowest BCUT2D eigenvalue weighted by Crippen LogP contribution is -2.15. The molecule has 6 heteroatoms. The standard InChI is InChI=1S/C10H16N6/c1-3-7-4-8(16(2)14-7)5-9(11)10-6-12-15-13-10/h4,6,9H,3,5,11H2,1-2H3,(H,12,13,15). The zero-order valence-corrected chi connectivity index (χ0v) is 9.51. The van der Waals surface area contributed by atoms with Crippen LogP contribution in [-0.4, -0.2) is 25.2 Å². The summed E-state index contributed by atoms with van der Waals surface area (Å²) in [4.78, 5) is 0. The Morgan fingerprint density at radius 1 is 1.56 bits per heavy atom. The second kappa shape index (κ2) is 4.44. The number of hydrogen-bond donors (Lipinski definition) is 2. The van der Waals surface area contributed by atoms with E-state index in [1.807, 2.05) is 11.7 Å². The van der Waals surface area contributed by atoms with Gasteiger partial charge in [-0.25, -0.2) is 0 Å². The van der Waals surface area contributed by atoms with Crippen LogP contribution in [0.15, 0.2) is 12.3 Å². The second-order valence-corrected chi connectivity index (χ2v) is 3.81. The van der Waals surface area contributed by atoms with E-state index in [-0.39, 0.29) is 6.04 Å². The number of nitrogens with two attached hydrogens (primary N) is 1. The van der Waals surface area contributed by atoms with Gasteiger partial charge in [0.25, 0.3) is 0 Å². The van der Waals surface area contributed by atoms with Crippen LogP contribution in [0.25, 0.3) is 0 Å². The van der Waals surface area contributed by atoms with Crippen LogP contribution in [0.3, 0.4) is 0 Å². The van der Waals surface area contributed by atoms with E-state index < -0.39 is 0 Å². The largest absolute Gasteiger partial charge is 0.322 e. The van der Waals surface area contributed by atoms with Crippen molar-refractivity contribution in [1.82, 2.24) is 25.2 Å². The van der Waals surface area contributed by atoms with Gasteiger partial charge in [-0.3, -0.25) is 4.68 Å². The van der Waals surface area contributed by atoms with Crippen LogP contribution in [0, 0.1) is 0 Å². The van der Waals surface area contributed by atoms with Crippen molar-refractivity contribution in [3.05, 3.63) is 29.3 Å². The monoisotopic (exact) mass is 220 g/mol. The molecule has 0 saturated heterocycles. The Balaban J connectivity index is 2.11. The SMILES string of the molecule is CCc1cc(CC(N)c2cn[nH]n2)n(C)n1. The summed E-state index contributed by atoms with van der Waals surface area (Å²) >= 11 is 0. The Hall–Kier alpha value is -1.69. The molecule has 0 aliphatic carbocycles. The number of aryl methyl sites for hydroxylation is 2. The third-order valence-electron chi connectivity index (χ3n) is 2.63. The van der Waals surface area contributed by atoms with Gasteiger partial charge in [-0.2, -0.15) is 20.5 Å². The van der Waals surface area contributed by atoms with E-state index in [0.717, 1.165) is 29.9 Å². The summed E-state index contributed by atoms with van der Waals surface area (Å²) in [6.45, 7) is 2.09. The van der Waals surface area contributed by atoms with Crippen molar-refractivity contribution >= 4 is 0 Å². The maximum atomic E-state index is 6.03. The molecule has 0 saturated carbocycles. The summed E-state index contributed by atoms with van der Waals surface area (Å²) in [6.07, 6.45) is 3.31. The van der Waals surface area contributed by atoms with E-state index in [1.165, 1.54) is 0 Å². The molecule has 16 heavy (non-hydrogen) atoms. The third kappa shape index (κ3) is 2.11. The molecule has 0 radical (unpaired) electrons. The normalized spacial score (nSPS) is 12.9. The number of H-pyrrole nitrogens is 1. The summed E-state index contributed by atoms with van der Waals surface area (Å²) in [6, 6.07) is 1.94. The lowest BCUT2D eigenvalue weighted by atomic mass is 10.1. The fraction of sp³-hybridized carbons (Fsp3) is 0.500. The molecule has 0 aliphatic heterocycles. The van der Waals surface area contributed by atoms with Crippen molar-refractivity contribution in [2.24, 2.45) is 12.8 Å². The van der Waals surface area contributed by atoms with Crippen molar-refractivity contribution in [2.75, 3.05) is 0 Å². The van der Waals surface area contributed by atoms with E-state index >= 15 is 0 Å². The molecular formula is C10H16N6. The van der Waals surface area contributed by atoms with Gasteiger partial charge in [-0.1, -0.05) is 6.92 Å². The van der Waals surface area contributed by atoms with Crippen LogP contribution in [-0.2, 0) is 19.9 Å². The summed E-state index contributed by atoms with van der Waals surface area (Å²) in [5.74, 6) is 0. The number of rotatable bonds is 4. The van der Waals surface area contributed by atoms with Gasteiger partial charge in [0.05, 0.1) is 23.6 Å². The Morgan fingerprint density at radius 2 is 2.38 bits per heavy atom. The van der Waals surface area contributed by atoms with Crippen LogP contribution >= 0.6 is 0 Å². The van der Waals surface area contributed by atoms with Crippen molar-refractivity contribution < 1.29 is 0 Å². The molecule has 1 atom stereocenters. The third-order valence-corrected chi connectivity index (χ3v) is 2.63. The number of hydrogen-bond acceptors (Lipinski definition) is 4. The Labute approximate surface area is 93.8 Å². The fourth-order valence-corrected chi connectivity index (χ4v) is 1.65. The van der Waals surface area contributed by atoms with Crippen molar-refractivity contribution in [1.29, 1.82) is 0 Å². The molecular weight excluding hydrogens is 204 g/mol. The van der Waals surface area contributed by atoms with E-state index in [0.29, 0.717) is 0 Å². The molecule has 2 aromatic heterocycles. The van der Waals surface area contributed by atoms with Crippen molar-refractivity contribution in [3.8, 4) is 0 Å². The van der Waals surface area contributed by atoms with Gasteiger partial charge in [0.15, 0.2) is 0 Å². The summed E-state index contributed by atoms with van der Waals surface area (Å²) < 4.78 is 1.87. The predicted octanol–water partition coefficient (Wildman–Crippen LogP) is 0.343. The molecule has 0 aliphatic rings. The summed E-state index contributed by atoms with van der Waals surface area (Å²) in [5.41, 5.74) is 9.01. The highest BCUT2D eigenvalue weighted by molar-refractivity contribution is 5.13. The minimum absolute atomic E-state index is 0.140. The predicted molar refractivity (Wildman–Crippen MR) is 59.6 cm³/mol. The Morgan fingerprint density at radius 3 is 2.94 bits per heavy atom.